The number of nitrogens with one attached hydrogen (secondary N) is 1. The van der Waals surface area contributed by atoms with E-state index in [1.165, 1.54) is 0 Å². The molecule has 3 heterocycles. The summed E-state index contributed by atoms with van der Waals surface area (Å²) in [6.07, 6.45) is 5.68. The summed E-state index contributed by atoms with van der Waals surface area (Å²) in [5, 5.41) is 11.1. The average molecular weight is 567 g/mol. The van der Waals surface area contributed by atoms with E-state index >= 15 is 0 Å². The van der Waals surface area contributed by atoms with Crippen LogP contribution >= 0.6 is 0 Å². The van der Waals surface area contributed by atoms with Crippen molar-refractivity contribution in [2.75, 3.05) is 38.5 Å². The first-order valence-electron chi connectivity index (χ1n) is 14.5. The number of aromatic nitrogens is 4. The Kier molecular flexibility index (Phi) is 10.7. The number of carbonyl (C=O) groups is 2. The van der Waals surface area contributed by atoms with E-state index in [2.05, 4.69) is 26.8 Å². The van der Waals surface area contributed by atoms with Gasteiger partial charge in [-0.15, -0.1) is 0 Å². The molecule has 41 heavy (non-hydrogen) atoms. The molecule has 12 nitrogen and oxygen atoms in total. The van der Waals surface area contributed by atoms with Crippen molar-refractivity contribution in [1.29, 1.82) is 0 Å². The SMILES string of the molecule is CCCCOc1nc(N)c2[nH]c(=O)n(CCCCN(CCCN3CCCC3=O)Cc3cccc(CC(=O)[O-])c3)c2n1. The average Bonchev–Trinajstić information content (AvgIpc) is 3.48. The third kappa shape index (κ3) is 8.53. The highest BCUT2D eigenvalue weighted by atomic mass is 16.5. The van der Waals surface area contributed by atoms with Crippen LogP contribution in [0.2, 0.25) is 0 Å². The summed E-state index contributed by atoms with van der Waals surface area (Å²) in [5.74, 6) is -0.700. The normalized spacial score (nSPS) is 13.5. The van der Waals surface area contributed by atoms with Crippen LogP contribution in [-0.2, 0) is 29.1 Å². The van der Waals surface area contributed by atoms with E-state index in [0.29, 0.717) is 42.8 Å². The van der Waals surface area contributed by atoms with Crippen molar-refractivity contribution in [3.8, 4) is 6.01 Å². The van der Waals surface area contributed by atoms with Crippen LogP contribution in [0.4, 0.5) is 5.82 Å². The summed E-state index contributed by atoms with van der Waals surface area (Å²) in [6.45, 7) is 6.79. The van der Waals surface area contributed by atoms with Gasteiger partial charge in [0.05, 0.1) is 6.61 Å². The third-order valence-corrected chi connectivity index (χ3v) is 7.29. The number of H-pyrrole nitrogens is 1. The minimum absolute atomic E-state index is 0.121. The number of nitrogen functional groups attached to an aromatic ring is 1. The lowest BCUT2D eigenvalue weighted by Crippen LogP contribution is -2.31. The first kappa shape index (κ1) is 30.0. The number of amides is 1. The molecule has 0 aliphatic carbocycles. The quantitative estimate of drug-likeness (QED) is 0.230. The molecule has 0 spiro atoms. The Morgan fingerprint density at radius 2 is 1.93 bits per heavy atom. The number of rotatable bonds is 17. The molecule has 1 aliphatic rings. The summed E-state index contributed by atoms with van der Waals surface area (Å²) >= 11 is 0. The van der Waals surface area contributed by atoms with Crippen molar-refractivity contribution in [1.82, 2.24) is 29.3 Å². The van der Waals surface area contributed by atoms with Crippen LogP contribution < -0.4 is 21.3 Å². The molecule has 1 fully saturated rings. The largest absolute Gasteiger partial charge is 0.550 e. The van der Waals surface area contributed by atoms with Gasteiger partial charge in [0.15, 0.2) is 11.5 Å². The third-order valence-electron chi connectivity index (χ3n) is 7.29. The predicted molar refractivity (Wildman–Crippen MR) is 153 cm³/mol. The van der Waals surface area contributed by atoms with Gasteiger partial charge >= 0.3 is 11.7 Å². The number of anilines is 1. The zero-order valence-electron chi connectivity index (χ0n) is 23.8. The van der Waals surface area contributed by atoms with Gasteiger partial charge in [-0.3, -0.25) is 14.3 Å². The van der Waals surface area contributed by atoms with Gasteiger partial charge in [0.25, 0.3) is 0 Å². The van der Waals surface area contributed by atoms with E-state index in [-0.39, 0.29) is 29.8 Å². The zero-order valence-corrected chi connectivity index (χ0v) is 23.8. The molecule has 1 aromatic carbocycles. The standard InChI is InChI=1S/C29H41N7O5/c1-2-3-17-41-28-32-26(30)25-27(33-28)36(29(40)31-25)16-5-4-12-34(13-8-15-35-14-7-11-23(35)37)20-22-10-6-9-21(18-22)19-24(38)39/h6,9-10,18H,2-5,7-8,11-17,19-20H2,1H3,(H,31,40)(H,38,39)(H2,30,32,33)/p-1. The summed E-state index contributed by atoms with van der Waals surface area (Å²) in [4.78, 5) is 51.4. The molecule has 12 heteroatoms. The Bertz CT molecular complexity index is 1390. The number of aromatic amines is 1. The maximum atomic E-state index is 12.7. The van der Waals surface area contributed by atoms with E-state index in [1.807, 2.05) is 23.1 Å². The van der Waals surface area contributed by atoms with Crippen molar-refractivity contribution in [2.24, 2.45) is 0 Å². The molecule has 0 saturated carbocycles. The van der Waals surface area contributed by atoms with Gasteiger partial charge < -0.3 is 30.3 Å². The maximum absolute atomic E-state index is 12.7. The van der Waals surface area contributed by atoms with Gasteiger partial charge in [-0.2, -0.15) is 9.97 Å². The number of likely N-dealkylation sites (tertiary alicyclic amines) is 1. The molecule has 0 bridgehead atoms. The highest BCUT2D eigenvalue weighted by Gasteiger charge is 2.20. The molecule has 4 rings (SSSR count). The van der Waals surface area contributed by atoms with Crippen LogP contribution in [0.5, 0.6) is 6.01 Å². The second-order valence-corrected chi connectivity index (χ2v) is 10.6. The Morgan fingerprint density at radius 1 is 1.12 bits per heavy atom. The van der Waals surface area contributed by atoms with E-state index < -0.39 is 5.97 Å². The molecular weight excluding hydrogens is 526 g/mol. The van der Waals surface area contributed by atoms with Crippen LogP contribution in [0.3, 0.4) is 0 Å². The topological polar surface area (TPSA) is 162 Å². The molecule has 0 radical (unpaired) electrons. The number of nitrogens with two attached hydrogens (primary N) is 1. The molecule has 3 N–H and O–H groups in total. The van der Waals surface area contributed by atoms with E-state index in [0.717, 1.165) is 70.3 Å². The number of hydrogen-bond acceptors (Lipinski definition) is 9. The Balaban J connectivity index is 1.38. The Labute approximate surface area is 239 Å². The second kappa shape index (κ2) is 14.6. The number of imidazole rings is 1. The van der Waals surface area contributed by atoms with Gasteiger partial charge in [0.2, 0.25) is 5.91 Å². The first-order valence-corrected chi connectivity index (χ1v) is 14.5. The van der Waals surface area contributed by atoms with Crippen molar-refractivity contribution < 1.29 is 19.4 Å². The zero-order chi connectivity index (χ0) is 29.2. The number of aliphatic carboxylic acids is 1. The smallest absolute Gasteiger partial charge is 0.327 e. The van der Waals surface area contributed by atoms with Crippen LogP contribution in [0.25, 0.3) is 11.2 Å². The molecule has 3 aromatic rings. The molecule has 0 atom stereocenters. The number of benzene rings is 1. The first-order chi connectivity index (χ1) is 19.8. The Hall–Kier alpha value is -3.93. The minimum atomic E-state index is -1.10. The number of ether oxygens (including phenoxy) is 1. The van der Waals surface area contributed by atoms with Gasteiger partial charge in [-0.25, -0.2) is 4.79 Å². The van der Waals surface area contributed by atoms with E-state index in [4.69, 9.17) is 10.5 Å². The fourth-order valence-corrected chi connectivity index (χ4v) is 5.17. The fraction of sp³-hybridized carbons (Fsp3) is 0.552. The van der Waals surface area contributed by atoms with Crippen molar-refractivity contribution in [2.45, 2.75) is 71.4 Å². The molecule has 1 amide bonds. The summed E-state index contributed by atoms with van der Waals surface area (Å²) in [6, 6.07) is 7.72. The predicted octanol–water partition coefficient (Wildman–Crippen LogP) is 1.47. The van der Waals surface area contributed by atoms with Crippen LogP contribution in [0.15, 0.2) is 29.1 Å². The van der Waals surface area contributed by atoms with Gasteiger partial charge in [0.1, 0.15) is 5.52 Å². The fourth-order valence-electron chi connectivity index (χ4n) is 5.17. The van der Waals surface area contributed by atoms with E-state index in [9.17, 15) is 19.5 Å². The summed E-state index contributed by atoms with van der Waals surface area (Å²) in [7, 11) is 0. The highest BCUT2D eigenvalue weighted by molar-refractivity contribution is 5.81. The lowest BCUT2D eigenvalue weighted by Gasteiger charge is -2.24. The number of hydrogen-bond donors (Lipinski definition) is 2. The number of nitrogens with zero attached hydrogens (tertiary/aromatic N) is 5. The number of aryl methyl sites for hydroxylation is 1. The van der Waals surface area contributed by atoms with Crippen LogP contribution in [0.1, 0.15) is 63.0 Å². The van der Waals surface area contributed by atoms with E-state index in [1.54, 1.807) is 10.6 Å². The molecule has 222 valence electrons. The monoisotopic (exact) mass is 566 g/mol. The van der Waals surface area contributed by atoms with Gasteiger partial charge in [-0.1, -0.05) is 37.6 Å². The molecule has 1 aliphatic heterocycles. The lowest BCUT2D eigenvalue weighted by molar-refractivity contribution is -0.304. The van der Waals surface area contributed by atoms with Crippen molar-refractivity contribution >= 4 is 28.9 Å². The van der Waals surface area contributed by atoms with Crippen molar-refractivity contribution in [3.63, 3.8) is 0 Å². The summed E-state index contributed by atoms with van der Waals surface area (Å²) < 4.78 is 7.20. The minimum Gasteiger partial charge on any atom is -0.550 e. The number of unbranched alkanes of at least 4 members (excludes halogenated alkanes) is 2. The summed E-state index contributed by atoms with van der Waals surface area (Å²) in [5.41, 5.74) is 8.36. The van der Waals surface area contributed by atoms with Crippen LogP contribution in [-0.4, -0.2) is 74.0 Å². The molecule has 2 aromatic heterocycles. The highest BCUT2D eigenvalue weighted by Crippen LogP contribution is 2.19. The molecular formula is C29H40N7O5-. The maximum Gasteiger partial charge on any atom is 0.327 e. The number of carboxylic acid groups (broad SMARTS) is 1. The van der Waals surface area contributed by atoms with Gasteiger partial charge in [0, 0.05) is 51.5 Å². The number of carboxylic acids is 1. The Morgan fingerprint density at radius 3 is 2.68 bits per heavy atom. The molecule has 1 saturated heterocycles. The molecule has 0 unspecified atom stereocenters. The number of carbonyl (C=O) groups excluding carboxylic acids is 2. The van der Waals surface area contributed by atoms with Crippen LogP contribution in [0, 0.1) is 0 Å². The second-order valence-electron chi connectivity index (χ2n) is 10.6. The van der Waals surface area contributed by atoms with Gasteiger partial charge in [-0.05, 0) is 49.8 Å². The number of fused-ring (bicyclic) bond motifs is 1. The van der Waals surface area contributed by atoms with Crippen molar-refractivity contribution in [3.05, 3.63) is 45.9 Å². The lowest BCUT2D eigenvalue weighted by atomic mass is 10.1.